The van der Waals surface area contributed by atoms with Gasteiger partial charge in [0.2, 0.25) is 5.89 Å². The molecule has 158 valence electrons. The molecule has 31 heavy (non-hydrogen) atoms. The van der Waals surface area contributed by atoms with Gasteiger partial charge in [-0.3, -0.25) is 4.99 Å². The number of hydrogen-bond donors (Lipinski definition) is 1. The Hall–Kier alpha value is -3.72. The van der Waals surface area contributed by atoms with E-state index >= 15 is 0 Å². The lowest BCUT2D eigenvalue weighted by Crippen LogP contribution is -2.43. The summed E-state index contributed by atoms with van der Waals surface area (Å²) in [6.45, 7) is 4.11. The number of piperazine rings is 1. The van der Waals surface area contributed by atoms with Gasteiger partial charge in [0.25, 0.3) is 0 Å². The summed E-state index contributed by atoms with van der Waals surface area (Å²) in [5, 5.41) is 7.86. The summed E-state index contributed by atoms with van der Waals surface area (Å²) in [5.74, 6) is 2.17. The number of rotatable bonds is 6. The van der Waals surface area contributed by atoms with E-state index < -0.39 is 0 Å². The van der Waals surface area contributed by atoms with Crippen molar-refractivity contribution in [1.29, 1.82) is 0 Å². The van der Waals surface area contributed by atoms with E-state index in [2.05, 4.69) is 37.4 Å². The zero-order chi connectivity index (χ0) is 21.0. The highest BCUT2D eigenvalue weighted by Crippen LogP contribution is 2.31. The zero-order valence-electron chi connectivity index (χ0n) is 17.2. The molecular weight excluding hydrogens is 394 g/mol. The molecular formula is C22H23N7O2. The summed E-state index contributed by atoms with van der Waals surface area (Å²) in [4.78, 5) is 15.3. The highest BCUT2D eigenvalue weighted by molar-refractivity contribution is 5.96. The number of nitrogens with zero attached hydrogens (tertiary/aromatic N) is 6. The Kier molecular flexibility index (Phi) is 5.32. The highest BCUT2D eigenvalue weighted by Gasteiger charge is 2.15. The van der Waals surface area contributed by atoms with Crippen LogP contribution in [0.2, 0.25) is 0 Å². The largest absolute Gasteiger partial charge is 0.482 e. The predicted octanol–water partition coefficient (Wildman–Crippen LogP) is 2.42. The average Bonchev–Trinajstić information content (AvgIpc) is 3.48. The summed E-state index contributed by atoms with van der Waals surface area (Å²) < 4.78 is 13.0. The number of pyridine rings is 2. The van der Waals surface area contributed by atoms with Gasteiger partial charge in [0.05, 0.1) is 24.1 Å². The van der Waals surface area contributed by atoms with E-state index in [0.717, 1.165) is 54.2 Å². The summed E-state index contributed by atoms with van der Waals surface area (Å²) in [6, 6.07) is 6.16. The Bertz CT molecular complexity index is 1180. The lowest BCUT2D eigenvalue weighted by atomic mass is 10.1. The molecule has 0 spiro atoms. The molecule has 0 radical (unpaired) electrons. The van der Waals surface area contributed by atoms with Crippen molar-refractivity contribution in [2.75, 3.05) is 38.1 Å². The topological polar surface area (TPSA) is 93.1 Å². The van der Waals surface area contributed by atoms with Crippen LogP contribution in [0.25, 0.3) is 16.6 Å². The minimum absolute atomic E-state index is 0.239. The van der Waals surface area contributed by atoms with Crippen molar-refractivity contribution in [3.05, 3.63) is 60.7 Å². The van der Waals surface area contributed by atoms with Crippen molar-refractivity contribution in [3.63, 3.8) is 0 Å². The van der Waals surface area contributed by atoms with Gasteiger partial charge in [-0.15, -0.1) is 0 Å². The normalized spacial score (nSPS) is 14.5. The first kappa shape index (κ1) is 19.3. The number of oxazole rings is 1. The fourth-order valence-corrected chi connectivity index (χ4v) is 3.75. The first-order valence-electron chi connectivity index (χ1n) is 10.2. The first-order chi connectivity index (χ1) is 15.3. The Balaban J connectivity index is 1.52. The molecule has 0 amide bonds. The number of nitrogens with one attached hydrogen (secondary N) is 1. The Labute approximate surface area is 179 Å². The van der Waals surface area contributed by atoms with Gasteiger partial charge < -0.3 is 19.4 Å². The van der Waals surface area contributed by atoms with Gasteiger partial charge in [-0.1, -0.05) is 0 Å². The minimum Gasteiger partial charge on any atom is -0.482 e. The highest BCUT2D eigenvalue weighted by atomic mass is 16.5. The molecule has 9 heteroatoms. The fraction of sp³-hybridized carbons (Fsp3) is 0.273. The molecule has 5 rings (SSSR count). The Morgan fingerprint density at radius 2 is 2.13 bits per heavy atom. The van der Waals surface area contributed by atoms with Crippen LogP contribution in [0.5, 0.6) is 5.75 Å². The van der Waals surface area contributed by atoms with E-state index in [-0.39, 0.29) is 6.61 Å². The lowest BCUT2D eigenvalue weighted by molar-refractivity contribution is 0.262. The van der Waals surface area contributed by atoms with Crippen molar-refractivity contribution >= 4 is 17.5 Å². The van der Waals surface area contributed by atoms with Crippen molar-refractivity contribution < 1.29 is 9.15 Å². The average molecular weight is 417 g/mol. The van der Waals surface area contributed by atoms with Gasteiger partial charge in [0, 0.05) is 62.3 Å². The standard InChI is InChI=1S/C22H23N7O2/c1-23-11-17-13-27-29-14-18(31-15-21-25-6-9-30-21)10-19(22(17)29)16-2-3-20(26-12-16)28-7-4-24-5-8-28/h2-3,6,9-14,24H,4-5,7-8,15H2,1H3/b23-11-. The maximum Gasteiger partial charge on any atom is 0.232 e. The van der Waals surface area contributed by atoms with E-state index in [4.69, 9.17) is 14.1 Å². The maximum atomic E-state index is 5.92. The monoisotopic (exact) mass is 417 g/mol. The van der Waals surface area contributed by atoms with Crippen molar-refractivity contribution in [2.45, 2.75) is 6.61 Å². The van der Waals surface area contributed by atoms with E-state index in [1.807, 2.05) is 29.2 Å². The van der Waals surface area contributed by atoms with Gasteiger partial charge in [0.15, 0.2) is 6.61 Å². The van der Waals surface area contributed by atoms with Crippen LogP contribution >= 0.6 is 0 Å². The molecule has 1 N–H and O–H groups in total. The molecule has 0 unspecified atom stereocenters. The third-order valence-corrected chi connectivity index (χ3v) is 5.23. The van der Waals surface area contributed by atoms with E-state index in [0.29, 0.717) is 11.6 Å². The van der Waals surface area contributed by atoms with Crippen LogP contribution in [-0.4, -0.2) is 59.0 Å². The van der Waals surface area contributed by atoms with Gasteiger partial charge in [0.1, 0.15) is 17.8 Å². The molecule has 0 bridgehead atoms. The van der Waals surface area contributed by atoms with E-state index in [1.54, 1.807) is 19.4 Å². The molecule has 0 saturated carbocycles. The molecule has 0 aromatic carbocycles. The molecule has 1 saturated heterocycles. The smallest absolute Gasteiger partial charge is 0.232 e. The molecule has 1 fully saturated rings. The van der Waals surface area contributed by atoms with Crippen molar-refractivity contribution in [3.8, 4) is 16.9 Å². The van der Waals surface area contributed by atoms with Crippen molar-refractivity contribution in [1.82, 2.24) is 24.9 Å². The number of aliphatic imine (C=N–C) groups is 1. The van der Waals surface area contributed by atoms with Gasteiger partial charge in [-0.25, -0.2) is 14.5 Å². The summed E-state index contributed by atoms with van der Waals surface area (Å²) >= 11 is 0. The van der Waals surface area contributed by atoms with Gasteiger partial charge >= 0.3 is 0 Å². The zero-order valence-corrected chi connectivity index (χ0v) is 17.2. The number of fused-ring (bicyclic) bond motifs is 1. The van der Waals surface area contributed by atoms with Crippen LogP contribution in [0, 0.1) is 0 Å². The fourth-order valence-electron chi connectivity index (χ4n) is 3.75. The SMILES string of the molecule is C/N=C\c1cnn2cc(OCc3ncco3)cc(-c3ccc(N4CCNCC4)nc3)c12. The number of hydrogen-bond acceptors (Lipinski definition) is 8. The Morgan fingerprint density at radius 3 is 2.87 bits per heavy atom. The summed E-state index contributed by atoms with van der Waals surface area (Å²) in [7, 11) is 1.75. The van der Waals surface area contributed by atoms with E-state index in [1.165, 1.54) is 6.26 Å². The number of anilines is 1. The molecule has 5 heterocycles. The molecule has 1 aliphatic rings. The van der Waals surface area contributed by atoms with Crippen LogP contribution in [-0.2, 0) is 6.61 Å². The molecule has 0 atom stereocenters. The van der Waals surface area contributed by atoms with Gasteiger partial charge in [-0.05, 0) is 18.2 Å². The van der Waals surface area contributed by atoms with Gasteiger partial charge in [-0.2, -0.15) is 5.10 Å². The van der Waals surface area contributed by atoms with Crippen molar-refractivity contribution in [2.24, 2.45) is 4.99 Å². The number of aromatic nitrogens is 4. The molecule has 0 aliphatic carbocycles. The Morgan fingerprint density at radius 1 is 1.23 bits per heavy atom. The van der Waals surface area contributed by atoms with Crippen LogP contribution in [0.3, 0.4) is 0 Å². The minimum atomic E-state index is 0.239. The third kappa shape index (κ3) is 3.99. The maximum absolute atomic E-state index is 5.92. The second-order valence-electron chi connectivity index (χ2n) is 7.23. The first-order valence-corrected chi connectivity index (χ1v) is 10.2. The molecule has 4 aromatic rings. The lowest BCUT2D eigenvalue weighted by Gasteiger charge is -2.28. The third-order valence-electron chi connectivity index (χ3n) is 5.23. The second kappa shape index (κ2) is 8.57. The van der Waals surface area contributed by atoms with Crippen LogP contribution < -0.4 is 15.0 Å². The van der Waals surface area contributed by atoms with Crippen LogP contribution in [0.15, 0.2) is 58.7 Å². The molecule has 9 nitrogen and oxygen atoms in total. The van der Waals surface area contributed by atoms with Crippen LogP contribution in [0.1, 0.15) is 11.5 Å². The quantitative estimate of drug-likeness (QED) is 0.482. The number of ether oxygens (including phenoxy) is 1. The van der Waals surface area contributed by atoms with Crippen LogP contribution in [0.4, 0.5) is 5.82 Å². The molecule has 1 aliphatic heterocycles. The summed E-state index contributed by atoms with van der Waals surface area (Å²) in [6.07, 6.45) is 10.5. The van der Waals surface area contributed by atoms with E-state index in [9.17, 15) is 0 Å². The predicted molar refractivity (Wildman–Crippen MR) is 118 cm³/mol. The molecule has 4 aromatic heterocycles. The second-order valence-corrected chi connectivity index (χ2v) is 7.23. The summed E-state index contributed by atoms with van der Waals surface area (Å²) in [5.41, 5.74) is 3.84.